The Hall–Kier alpha value is -2.11. The lowest BCUT2D eigenvalue weighted by molar-refractivity contribution is -0.116. The van der Waals surface area contributed by atoms with Gasteiger partial charge in [-0.15, -0.1) is 0 Å². The summed E-state index contributed by atoms with van der Waals surface area (Å²) in [7, 11) is 0. The van der Waals surface area contributed by atoms with E-state index in [-0.39, 0.29) is 17.2 Å². The second kappa shape index (κ2) is 6.56. The molecule has 1 aliphatic rings. The summed E-state index contributed by atoms with van der Waals surface area (Å²) in [4.78, 5) is 12.6. The van der Waals surface area contributed by atoms with Gasteiger partial charge in [0.15, 0.2) is 5.50 Å². The molecule has 0 radical (unpaired) electrons. The highest BCUT2D eigenvalue weighted by atomic mass is 35.5. The number of aryl methyl sites for hydroxylation is 1. The number of thioether (sulfide) groups is 1. The highest BCUT2D eigenvalue weighted by Crippen LogP contribution is 2.32. The summed E-state index contributed by atoms with van der Waals surface area (Å²) in [5, 5.41) is 16.6. The zero-order chi connectivity index (χ0) is 16.4. The van der Waals surface area contributed by atoms with Gasteiger partial charge < -0.3 is 15.7 Å². The molecule has 2 aromatic carbocycles. The number of carbonyl (C=O) groups excluding carboxylic acids is 1. The molecular formula is C17H15ClN2O2S. The first-order chi connectivity index (χ1) is 11.0. The van der Waals surface area contributed by atoms with Crippen LogP contribution >= 0.6 is 23.4 Å². The Morgan fingerprint density at radius 1 is 1.30 bits per heavy atom. The van der Waals surface area contributed by atoms with Crippen LogP contribution in [0.1, 0.15) is 11.1 Å². The quantitative estimate of drug-likeness (QED) is 0.736. The monoisotopic (exact) mass is 346 g/mol. The number of hydrogen-bond acceptors (Lipinski definition) is 4. The van der Waals surface area contributed by atoms with Gasteiger partial charge in [0, 0.05) is 16.3 Å². The Bertz CT molecular complexity index is 792. The van der Waals surface area contributed by atoms with Crippen molar-refractivity contribution >= 4 is 41.0 Å². The van der Waals surface area contributed by atoms with Gasteiger partial charge >= 0.3 is 0 Å². The molecule has 0 bridgehead atoms. The van der Waals surface area contributed by atoms with E-state index in [0.717, 1.165) is 11.3 Å². The number of hydrogen-bond donors (Lipinski definition) is 3. The fourth-order valence-electron chi connectivity index (χ4n) is 2.25. The van der Waals surface area contributed by atoms with Gasteiger partial charge in [0.2, 0.25) is 0 Å². The Labute approximate surface area is 143 Å². The van der Waals surface area contributed by atoms with Crippen molar-refractivity contribution in [2.45, 2.75) is 12.4 Å². The van der Waals surface area contributed by atoms with E-state index < -0.39 is 0 Å². The van der Waals surface area contributed by atoms with Crippen LogP contribution in [0.15, 0.2) is 47.4 Å². The van der Waals surface area contributed by atoms with Gasteiger partial charge in [0.25, 0.3) is 5.91 Å². The van der Waals surface area contributed by atoms with Crippen LogP contribution in [0.5, 0.6) is 5.75 Å². The minimum atomic E-state index is -0.264. The zero-order valence-electron chi connectivity index (χ0n) is 12.3. The van der Waals surface area contributed by atoms with Crippen LogP contribution < -0.4 is 10.6 Å². The van der Waals surface area contributed by atoms with E-state index in [2.05, 4.69) is 10.6 Å². The lowest BCUT2D eigenvalue weighted by Gasteiger charge is -2.15. The molecule has 0 aromatic heterocycles. The van der Waals surface area contributed by atoms with Crippen molar-refractivity contribution in [2.75, 3.05) is 5.32 Å². The lowest BCUT2D eigenvalue weighted by Crippen LogP contribution is -2.31. The predicted molar refractivity (Wildman–Crippen MR) is 95.4 cm³/mol. The molecule has 3 N–H and O–H groups in total. The molecule has 23 heavy (non-hydrogen) atoms. The molecule has 1 unspecified atom stereocenters. The molecule has 1 atom stereocenters. The largest absolute Gasteiger partial charge is 0.507 e. The number of nitrogens with one attached hydrogen (secondary N) is 2. The van der Waals surface area contributed by atoms with Gasteiger partial charge in [-0.25, -0.2) is 0 Å². The second-order valence-corrected chi connectivity index (χ2v) is 6.73. The van der Waals surface area contributed by atoms with Crippen LogP contribution in [0.3, 0.4) is 0 Å². The topological polar surface area (TPSA) is 61.4 Å². The van der Waals surface area contributed by atoms with E-state index in [9.17, 15) is 9.90 Å². The van der Waals surface area contributed by atoms with Crippen molar-refractivity contribution in [3.63, 3.8) is 0 Å². The number of phenols is 1. The predicted octanol–water partition coefficient (Wildman–Crippen LogP) is 3.95. The van der Waals surface area contributed by atoms with Gasteiger partial charge in [0.1, 0.15) is 5.75 Å². The molecule has 118 valence electrons. The average Bonchev–Trinajstić information content (AvgIpc) is 2.84. The van der Waals surface area contributed by atoms with Gasteiger partial charge in [0.05, 0.1) is 4.91 Å². The third kappa shape index (κ3) is 3.63. The SMILES string of the molecule is Cc1cc(Cl)ccc1NC1NC(=O)/C(=C/c2ccccc2O)S1. The summed E-state index contributed by atoms with van der Waals surface area (Å²) in [6, 6.07) is 12.5. The van der Waals surface area contributed by atoms with Crippen molar-refractivity contribution < 1.29 is 9.90 Å². The number of para-hydroxylation sites is 1. The molecule has 1 heterocycles. The van der Waals surface area contributed by atoms with E-state index in [1.807, 2.05) is 25.1 Å². The molecule has 2 aromatic rings. The maximum absolute atomic E-state index is 12.1. The smallest absolute Gasteiger partial charge is 0.260 e. The molecule has 6 heteroatoms. The van der Waals surface area contributed by atoms with Crippen molar-refractivity contribution in [1.29, 1.82) is 0 Å². The Morgan fingerprint density at radius 2 is 2.09 bits per heavy atom. The Morgan fingerprint density at radius 3 is 2.83 bits per heavy atom. The fourth-order valence-corrected chi connectivity index (χ4v) is 3.44. The summed E-state index contributed by atoms with van der Waals surface area (Å²) >= 11 is 7.32. The molecule has 1 amide bonds. The first kappa shape index (κ1) is 15.8. The molecule has 4 nitrogen and oxygen atoms in total. The number of amides is 1. The summed E-state index contributed by atoms with van der Waals surface area (Å²) in [6.07, 6.45) is 1.69. The minimum Gasteiger partial charge on any atom is -0.507 e. The fraction of sp³-hybridized carbons (Fsp3) is 0.118. The van der Waals surface area contributed by atoms with E-state index in [0.29, 0.717) is 15.5 Å². The van der Waals surface area contributed by atoms with Crippen molar-refractivity contribution in [3.05, 3.63) is 63.5 Å². The first-order valence-electron chi connectivity index (χ1n) is 7.03. The van der Waals surface area contributed by atoms with Crippen LogP contribution in [0.2, 0.25) is 5.02 Å². The Balaban J connectivity index is 1.76. The van der Waals surface area contributed by atoms with Crippen molar-refractivity contribution in [2.24, 2.45) is 0 Å². The van der Waals surface area contributed by atoms with E-state index in [1.165, 1.54) is 11.8 Å². The minimum absolute atomic E-state index is 0.151. The maximum atomic E-state index is 12.1. The molecule has 0 spiro atoms. The number of aromatic hydroxyl groups is 1. The van der Waals surface area contributed by atoms with Crippen LogP contribution in [0, 0.1) is 6.92 Å². The van der Waals surface area contributed by atoms with Gasteiger partial charge in [-0.05, 0) is 42.8 Å². The zero-order valence-corrected chi connectivity index (χ0v) is 13.9. The molecule has 1 fully saturated rings. The second-order valence-electron chi connectivity index (χ2n) is 5.14. The highest BCUT2D eigenvalue weighted by molar-refractivity contribution is 8.05. The normalized spacial score (nSPS) is 19.0. The first-order valence-corrected chi connectivity index (χ1v) is 8.28. The van der Waals surface area contributed by atoms with E-state index in [1.54, 1.807) is 30.3 Å². The maximum Gasteiger partial charge on any atom is 0.260 e. The molecule has 3 rings (SSSR count). The number of rotatable bonds is 3. The van der Waals surface area contributed by atoms with Gasteiger partial charge in [-0.1, -0.05) is 41.6 Å². The summed E-state index contributed by atoms with van der Waals surface area (Å²) in [6.45, 7) is 1.95. The highest BCUT2D eigenvalue weighted by Gasteiger charge is 2.27. The average molecular weight is 347 g/mol. The number of anilines is 1. The summed E-state index contributed by atoms with van der Waals surface area (Å²) in [5.41, 5.74) is 2.27. The lowest BCUT2D eigenvalue weighted by atomic mass is 10.2. The Kier molecular flexibility index (Phi) is 4.50. The van der Waals surface area contributed by atoms with E-state index >= 15 is 0 Å². The van der Waals surface area contributed by atoms with Crippen LogP contribution in [0.25, 0.3) is 6.08 Å². The van der Waals surface area contributed by atoms with Crippen LogP contribution in [0.4, 0.5) is 5.69 Å². The number of halogens is 1. The molecule has 0 aliphatic carbocycles. The molecular weight excluding hydrogens is 332 g/mol. The third-order valence-corrected chi connectivity index (χ3v) is 4.69. The molecule has 0 saturated carbocycles. The van der Waals surface area contributed by atoms with Crippen molar-refractivity contribution in [3.8, 4) is 5.75 Å². The van der Waals surface area contributed by atoms with Crippen molar-refractivity contribution in [1.82, 2.24) is 5.32 Å². The number of phenolic OH excluding ortho intramolecular Hbond substituents is 1. The van der Waals surface area contributed by atoms with Gasteiger partial charge in [-0.2, -0.15) is 0 Å². The molecule has 1 saturated heterocycles. The molecule has 1 aliphatic heterocycles. The van der Waals surface area contributed by atoms with Crippen LogP contribution in [-0.2, 0) is 4.79 Å². The number of benzene rings is 2. The van der Waals surface area contributed by atoms with Crippen LogP contribution in [-0.4, -0.2) is 16.5 Å². The summed E-state index contributed by atoms with van der Waals surface area (Å²) in [5.74, 6) is -0.0132. The summed E-state index contributed by atoms with van der Waals surface area (Å²) < 4.78 is 0. The standard InChI is InChI=1S/C17H15ClN2O2S/c1-10-8-12(18)6-7-13(10)19-17-20-16(22)15(23-17)9-11-4-2-3-5-14(11)21/h2-9,17,19,21H,1H3,(H,20,22)/b15-9-. The third-order valence-electron chi connectivity index (χ3n) is 3.43. The van der Waals surface area contributed by atoms with E-state index in [4.69, 9.17) is 11.6 Å². The van der Waals surface area contributed by atoms with Gasteiger partial charge in [-0.3, -0.25) is 4.79 Å². The number of carbonyl (C=O) groups is 1.